The number of ether oxygens (including phenoxy) is 1. The molecule has 3 aromatic rings. The molecule has 0 aliphatic heterocycles. The minimum Gasteiger partial charge on any atom is -0.478 e. The lowest BCUT2D eigenvalue weighted by Crippen LogP contribution is -2.26. The SMILES string of the molecule is Cc1sc(-c2ccc(OC(F)(F)F)cc2)nc1CCNS(=O)(=O)c1ccc(C(C)C)c(C(=O)O)c1. The monoisotopic (exact) mass is 528 g/mol. The second-order valence-electron chi connectivity index (χ2n) is 7.95. The van der Waals surface area contributed by atoms with Gasteiger partial charge in [0.25, 0.3) is 0 Å². The zero-order valence-corrected chi connectivity index (χ0v) is 20.6. The smallest absolute Gasteiger partial charge is 0.478 e. The summed E-state index contributed by atoms with van der Waals surface area (Å²) in [4.78, 5) is 16.7. The van der Waals surface area contributed by atoms with E-state index < -0.39 is 22.4 Å². The van der Waals surface area contributed by atoms with Crippen LogP contribution in [0.3, 0.4) is 0 Å². The number of carboxylic acid groups (broad SMARTS) is 1. The summed E-state index contributed by atoms with van der Waals surface area (Å²) in [5, 5.41) is 10.0. The second-order valence-corrected chi connectivity index (χ2v) is 10.9. The highest BCUT2D eigenvalue weighted by molar-refractivity contribution is 7.89. The first kappa shape index (κ1) is 26.6. The third-order valence-electron chi connectivity index (χ3n) is 5.07. The Kier molecular flexibility index (Phi) is 7.87. The van der Waals surface area contributed by atoms with Gasteiger partial charge in [-0.25, -0.2) is 22.9 Å². The van der Waals surface area contributed by atoms with E-state index in [9.17, 15) is 31.5 Å². The number of benzene rings is 2. The number of sulfonamides is 1. The first-order valence-corrected chi connectivity index (χ1v) is 12.8. The van der Waals surface area contributed by atoms with Crippen LogP contribution in [0.15, 0.2) is 47.4 Å². The van der Waals surface area contributed by atoms with Crippen molar-refractivity contribution < 1.29 is 36.2 Å². The summed E-state index contributed by atoms with van der Waals surface area (Å²) in [7, 11) is -3.95. The fourth-order valence-corrected chi connectivity index (χ4v) is 5.38. The van der Waals surface area contributed by atoms with Gasteiger partial charge in [-0.15, -0.1) is 24.5 Å². The van der Waals surface area contributed by atoms with Gasteiger partial charge in [0, 0.05) is 23.4 Å². The fraction of sp³-hybridized carbons (Fsp3) is 0.304. The molecule has 0 bridgehead atoms. The highest BCUT2D eigenvalue weighted by Gasteiger charge is 2.31. The average Bonchev–Trinajstić information content (AvgIpc) is 3.13. The summed E-state index contributed by atoms with van der Waals surface area (Å²) in [5.41, 5.74) is 1.73. The first-order valence-electron chi connectivity index (χ1n) is 10.5. The molecule has 7 nitrogen and oxygen atoms in total. The number of nitrogens with one attached hydrogen (secondary N) is 1. The molecule has 35 heavy (non-hydrogen) atoms. The second kappa shape index (κ2) is 10.3. The molecule has 3 rings (SSSR count). The molecular formula is C23H23F3N2O5S2. The summed E-state index contributed by atoms with van der Waals surface area (Å²) in [6.45, 7) is 5.49. The number of carbonyl (C=O) groups is 1. The summed E-state index contributed by atoms with van der Waals surface area (Å²) < 4.78 is 68.7. The number of nitrogens with zero attached hydrogens (tertiary/aromatic N) is 1. The number of rotatable bonds is 9. The summed E-state index contributed by atoms with van der Waals surface area (Å²) in [6.07, 6.45) is -4.50. The standard InChI is InChI=1S/C23H23F3N2O5S2/c1-13(2)18-9-8-17(12-19(18)22(29)30)35(31,32)27-11-10-20-14(3)34-21(28-20)15-4-6-16(7-5-15)33-23(24,25)26/h4-9,12-13,27H,10-11H2,1-3H3,(H,29,30). The van der Waals surface area contributed by atoms with Crippen LogP contribution >= 0.6 is 11.3 Å². The number of thiazole rings is 1. The molecule has 2 aromatic carbocycles. The fourth-order valence-electron chi connectivity index (χ4n) is 3.36. The molecule has 1 heterocycles. The van der Waals surface area contributed by atoms with Gasteiger partial charge in [-0.05, 0) is 54.8 Å². The Bertz CT molecular complexity index is 1320. The van der Waals surface area contributed by atoms with Crippen molar-refractivity contribution in [2.45, 2.75) is 44.4 Å². The molecule has 0 atom stereocenters. The van der Waals surface area contributed by atoms with Crippen LogP contribution in [0.1, 0.15) is 46.3 Å². The van der Waals surface area contributed by atoms with Crippen molar-refractivity contribution >= 4 is 27.3 Å². The number of aromatic carboxylic acids is 1. The van der Waals surface area contributed by atoms with Crippen LogP contribution in [0, 0.1) is 6.92 Å². The Morgan fingerprint density at radius 2 is 1.83 bits per heavy atom. The van der Waals surface area contributed by atoms with Gasteiger partial charge in [-0.2, -0.15) is 0 Å². The van der Waals surface area contributed by atoms with Crippen LogP contribution in [0.5, 0.6) is 5.75 Å². The van der Waals surface area contributed by atoms with Crippen LogP contribution in [0.2, 0.25) is 0 Å². The maximum atomic E-state index is 12.7. The molecule has 0 spiro atoms. The van der Waals surface area contributed by atoms with E-state index in [4.69, 9.17) is 0 Å². The zero-order chi connectivity index (χ0) is 26.0. The van der Waals surface area contributed by atoms with Crippen LogP contribution in [0.25, 0.3) is 10.6 Å². The average molecular weight is 529 g/mol. The Morgan fingerprint density at radius 1 is 1.17 bits per heavy atom. The Balaban J connectivity index is 1.69. The number of aromatic nitrogens is 1. The van der Waals surface area contributed by atoms with Gasteiger partial charge in [0.1, 0.15) is 10.8 Å². The highest BCUT2D eigenvalue weighted by Crippen LogP contribution is 2.31. The predicted molar refractivity (Wildman–Crippen MR) is 125 cm³/mol. The van der Waals surface area contributed by atoms with E-state index in [1.807, 2.05) is 20.8 Å². The van der Waals surface area contributed by atoms with Crippen molar-refractivity contribution in [3.8, 4) is 16.3 Å². The maximum absolute atomic E-state index is 12.7. The molecule has 188 valence electrons. The lowest BCUT2D eigenvalue weighted by Gasteiger charge is -2.12. The van der Waals surface area contributed by atoms with Crippen molar-refractivity contribution in [2.75, 3.05) is 6.54 Å². The molecular weight excluding hydrogens is 505 g/mol. The zero-order valence-electron chi connectivity index (χ0n) is 19.0. The van der Waals surface area contributed by atoms with Gasteiger partial charge in [0.2, 0.25) is 10.0 Å². The largest absolute Gasteiger partial charge is 0.573 e. The summed E-state index contributed by atoms with van der Waals surface area (Å²) in [6, 6.07) is 9.36. The first-order chi connectivity index (χ1) is 16.3. The topological polar surface area (TPSA) is 106 Å². The van der Waals surface area contributed by atoms with Crippen molar-refractivity contribution in [2.24, 2.45) is 0 Å². The molecule has 0 fully saturated rings. The molecule has 0 aliphatic carbocycles. The van der Waals surface area contributed by atoms with Gasteiger partial charge in [-0.3, -0.25) is 0 Å². The Hall–Kier alpha value is -2.96. The van der Waals surface area contributed by atoms with E-state index in [2.05, 4.69) is 14.4 Å². The molecule has 1 aromatic heterocycles. The normalized spacial score (nSPS) is 12.2. The molecule has 0 aliphatic rings. The third-order valence-corrected chi connectivity index (χ3v) is 7.59. The number of alkyl halides is 3. The minimum atomic E-state index is -4.77. The lowest BCUT2D eigenvalue weighted by atomic mass is 9.97. The van der Waals surface area contributed by atoms with Crippen LogP contribution in [0.4, 0.5) is 13.2 Å². The van der Waals surface area contributed by atoms with Crippen molar-refractivity contribution in [1.82, 2.24) is 9.71 Å². The van der Waals surface area contributed by atoms with Crippen LogP contribution in [-0.2, 0) is 16.4 Å². The minimum absolute atomic E-state index is 0.0268. The molecule has 2 N–H and O–H groups in total. The number of hydrogen-bond acceptors (Lipinski definition) is 6. The summed E-state index contributed by atoms with van der Waals surface area (Å²) >= 11 is 1.33. The number of carboxylic acids is 1. The molecule has 0 saturated heterocycles. The summed E-state index contributed by atoms with van der Waals surface area (Å²) in [5.74, 6) is -1.62. The van der Waals surface area contributed by atoms with E-state index in [1.54, 1.807) is 0 Å². The van der Waals surface area contributed by atoms with E-state index >= 15 is 0 Å². The Morgan fingerprint density at radius 3 is 2.40 bits per heavy atom. The third kappa shape index (κ3) is 6.80. The van der Waals surface area contributed by atoms with Crippen molar-refractivity contribution in [3.63, 3.8) is 0 Å². The molecule has 0 radical (unpaired) electrons. The van der Waals surface area contributed by atoms with E-state index in [-0.39, 0.29) is 35.1 Å². The van der Waals surface area contributed by atoms with Crippen molar-refractivity contribution in [1.29, 1.82) is 0 Å². The van der Waals surface area contributed by atoms with Gasteiger partial charge in [-0.1, -0.05) is 19.9 Å². The molecule has 12 heteroatoms. The van der Waals surface area contributed by atoms with E-state index in [1.165, 1.54) is 47.7 Å². The molecule has 0 saturated carbocycles. The Labute approximate surface area is 204 Å². The van der Waals surface area contributed by atoms with Gasteiger partial charge in [0.15, 0.2) is 0 Å². The predicted octanol–water partition coefficient (Wildman–Crippen LogP) is 5.36. The molecule has 0 unspecified atom stereocenters. The van der Waals surface area contributed by atoms with E-state index in [0.29, 0.717) is 21.8 Å². The van der Waals surface area contributed by atoms with Crippen molar-refractivity contribution in [3.05, 3.63) is 64.2 Å². The number of aryl methyl sites for hydroxylation is 1. The number of hydrogen-bond donors (Lipinski definition) is 2. The maximum Gasteiger partial charge on any atom is 0.573 e. The van der Waals surface area contributed by atoms with Gasteiger partial charge in [0.05, 0.1) is 16.2 Å². The lowest BCUT2D eigenvalue weighted by molar-refractivity contribution is -0.274. The van der Waals surface area contributed by atoms with Crippen LogP contribution < -0.4 is 9.46 Å². The molecule has 0 amide bonds. The van der Waals surface area contributed by atoms with Gasteiger partial charge >= 0.3 is 12.3 Å². The van der Waals surface area contributed by atoms with Gasteiger partial charge < -0.3 is 9.84 Å². The van der Waals surface area contributed by atoms with E-state index in [0.717, 1.165) is 10.9 Å². The quantitative estimate of drug-likeness (QED) is 0.387. The highest BCUT2D eigenvalue weighted by atomic mass is 32.2. The number of halogens is 3. The van der Waals surface area contributed by atoms with Crippen LogP contribution in [-0.4, -0.2) is 37.4 Å².